The maximum absolute atomic E-state index is 10.9. The van der Waals surface area contributed by atoms with E-state index in [-0.39, 0.29) is 0 Å². The number of aromatic amines is 1. The fourth-order valence-electron chi connectivity index (χ4n) is 1.01. The van der Waals surface area contributed by atoms with Crippen molar-refractivity contribution in [3.05, 3.63) is 34.6 Å². The van der Waals surface area contributed by atoms with Crippen molar-refractivity contribution in [1.82, 2.24) is 25.0 Å². The van der Waals surface area contributed by atoms with Gasteiger partial charge in [-0.3, -0.25) is 4.98 Å². The molecule has 0 radical (unpaired) electrons. The molecule has 0 spiro atoms. The number of aromatic nitrogens is 5. The first-order valence-corrected chi connectivity index (χ1v) is 3.70. The van der Waals surface area contributed by atoms with Crippen molar-refractivity contribution in [2.75, 3.05) is 0 Å². The molecule has 6 nitrogen and oxygen atoms in total. The third kappa shape index (κ3) is 1.33. The smallest absolute Gasteiger partial charge is 0.290 e. The molecule has 0 bridgehead atoms. The first kappa shape index (κ1) is 7.66. The van der Waals surface area contributed by atoms with Crippen molar-refractivity contribution in [3.63, 3.8) is 0 Å². The van der Waals surface area contributed by atoms with Crippen LogP contribution in [0.3, 0.4) is 0 Å². The van der Waals surface area contributed by atoms with Crippen LogP contribution in [0.4, 0.5) is 0 Å². The van der Waals surface area contributed by atoms with Gasteiger partial charge in [0, 0.05) is 11.8 Å². The SMILES string of the molecule is Cc1cnc(=O)[nH]c1-n1ccnn1. The molecular weight excluding hydrogens is 170 g/mol. The minimum atomic E-state index is -0.392. The van der Waals surface area contributed by atoms with Crippen molar-refractivity contribution >= 4 is 0 Å². The van der Waals surface area contributed by atoms with Gasteiger partial charge >= 0.3 is 5.69 Å². The van der Waals surface area contributed by atoms with Gasteiger partial charge in [0.15, 0.2) is 0 Å². The molecule has 2 rings (SSSR count). The van der Waals surface area contributed by atoms with Gasteiger partial charge in [-0.1, -0.05) is 5.21 Å². The zero-order chi connectivity index (χ0) is 9.26. The summed E-state index contributed by atoms with van der Waals surface area (Å²) in [6.45, 7) is 1.83. The minimum absolute atomic E-state index is 0.392. The van der Waals surface area contributed by atoms with Gasteiger partial charge in [0.25, 0.3) is 0 Å². The van der Waals surface area contributed by atoms with E-state index in [0.717, 1.165) is 5.56 Å². The van der Waals surface area contributed by atoms with Crippen LogP contribution >= 0.6 is 0 Å². The number of hydrogen-bond donors (Lipinski definition) is 1. The molecule has 0 aliphatic carbocycles. The Bertz CT molecular complexity index is 458. The average molecular weight is 177 g/mol. The van der Waals surface area contributed by atoms with E-state index in [1.165, 1.54) is 17.1 Å². The zero-order valence-corrected chi connectivity index (χ0v) is 6.93. The van der Waals surface area contributed by atoms with Gasteiger partial charge in [-0.25, -0.2) is 14.5 Å². The van der Waals surface area contributed by atoms with E-state index < -0.39 is 5.69 Å². The number of hydrogen-bond acceptors (Lipinski definition) is 4. The Morgan fingerprint density at radius 3 is 3.08 bits per heavy atom. The molecule has 2 aromatic heterocycles. The molecule has 0 aromatic carbocycles. The van der Waals surface area contributed by atoms with Crippen molar-refractivity contribution in [3.8, 4) is 5.82 Å². The van der Waals surface area contributed by atoms with Crippen LogP contribution in [-0.4, -0.2) is 25.0 Å². The van der Waals surface area contributed by atoms with Crippen molar-refractivity contribution < 1.29 is 0 Å². The van der Waals surface area contributed by atoms with E-state index in [4.69, 9.17) is 0 Å². The Morgan fingerprint density at radius 2 is 2.38 bits per heavy atom. The van der Waals surface area contributed by atoms with Gasteiger partial charge in [0.2, 0.25) is 0 Å². The largest absolute Gasteiger partial charge is 0.346 e. The number of nitrogens with one attached hydrogen (secondary N) is 1. The number of nitrogens with zero attached hydrogens (tertiary/aromatic N) is 4. The maximum Gasteiger partial charge on any atom is 0.346 e. The van der Waals surface area contributed by atoms with E-state index in [1.807, 2.05) is 6.92 Å². The quantitative estimate of drug-likeness (QED) is 0.646. The van der Waals surface area contributed by atoms with Crippen LogP contribution in [0.15, 0.2) is 23.4 Å². The molecule has 0 aliphatic rings. The lowest BCUT2D eigenvalue weighted by atomic mass is 10.3. The predicted octanol–water partition coefficient (Wildman–Crippen LogP) is -0.341. The second kappa shape index (κ2) is 2.81. The Morgan fingerprint density at radius 1 is 1.54 bits per heavy atom. The Balaban J connectivity index is 2.64. The zero-order valence-electron chi connectivity index (χ0n) is 6.93. The number of H-pyrrole nitrogens is 1. The monoisotopic (exact) mass is 177 g/mol. The number of aryl methyl sites for hydroxylation is 1. The lowest BCUT2D eigenvalue weighted by Gasteiger charge is -2.01. The summed E-state index contributed by atoms with van der Waals surface area (Å²) in [5, 5.41) is 7.40. The van der Waals surface area contributed by atoms with Crippen LogP contribution in [0.5, 0.6) is 0 Å². The van der Waals surface area contributed by atoms with Crippen molar-refractivity contribution in [2.24, 2.45) is 0 Å². The molecule has 0 aliphatic heterocycles. The first-order valence-electron chi connectivity index (χ1n) is 3.70. The Labute approximate surface area is 73.2 Å². The second-order valence-corrected chi connectivity index (χ2v) is 2.57. The highest BCUT2D eigenvalue weighted by molar-refractivity contribution is 5.27. The predicted molar refractivity (Wildman–Crippen MR) is 44.5 cm³/mol. The third-order valence-corrected chi connectivity index (χ3v) is 1.63. The van der Waals surface area contributed by atoms with Crippen molar-refractivity contribution in [2.45, 2.75) is 6.92 Å². The summed E-state index contributed by atoms with van der Waals surface area (Å²) >= 11 is 0. The average Bonchev–Trinajstić information content (AvgIpc) is 2.61. The molecule has 6 heteroatoms. The molecule has 13 heavy (non-hydrogen) atoms. The van der Waals surface area contributed by atoms with Gasteiger partial charge < -0.3 is 0 Å². The molecule has 1 N–H and O–H groups in total. The molecular formula is C7H7N5O. The Hall–Kier alpha value is -1.98. The van der Waals surface area contributed by atoms with Crippen LogP contribution in [0.25, 0.3) is 5.82 Å². The topological polar surface area (TPSA) is 76.5 Å². The van der Waals surface area contributed by atoms with E-state index in [9.17, 15) is 4.79 Å². The van der Waals surface area contributed by atoms with Gasteiger partial charge in [-0.15, -0.1) is 5.10 Å². The highest BCUT2D eigenvalue weighted by Crippen LogP contribution is 2.03. The van der Waals surface area contributed by atoms with E-state index in [2.05, 4.69) is 20.3 Å². The van der Waals surface area contributed by atoms with E-state index >= 15 is 0 Å². The van der Waals surface area contributed by atoms with Gasteiger partial charge in [-0.05, 0) is 6.92 Å². The molecule has 2 aromatic rings. The summed E-state index contributed by atoms with van der Waals surface area (Å²) in [6.07, 6.45) is 4.69. The summed E-state index contributed by atoms with van der Waals surface area (Å²) in [7, 11) is 0. The maximum atomic E-state index is 10.9. The van der Waals surface area contributed by atoms with Crippen LogP contribution in [0.2, 0.25) is 0 Å². The molecule has 66 valence electrons. The molecule has 0 saturated heterocycles. The standard InChI is InChI=1S/C7H7N5O/c1-5-4-8-7(13)10-6(5)12-3-2-9-11-12/h2-4H,1H3,(H,8,10,13). The summed E-state index contributed by atoms with van der Waals surface area (Å²) in [5.74, 6) is 0.595. The highest BCUT2D eigenvalue weighted by atomic mass is 16.1. The van der Waals surface area contributed by atoms with Crippen LogP contribution in [-0.2, 0) is 0 Å². The fraction of sp³-hybridized carbons (Fsp3) is 0.143. The second-order valence-electron chi connectivity index (χ2n) is 2.57. The van der Waals surface area contributed by atoms with Crippen molar-refractivity contribution in [1.29, 1.82) is 0 Å². The number of rotatable bonds is 1. The minimum Gasteiger partial charge on any atom is -0.290 e. The van der Waals surface area contributed by atoms with Crippen LogP contribution < -0.4 is 5.69 Å². The summed E-state index contributed by atoms with van der Waals surface area (Å²) < 4.78 is 1.48. The van der Waals surface area contributed by atoms with Gasteiger partial charge in [0.05, 0.1) is 12.4 Å². The van der Waals surface area contributed by atoms with Gasteiger partial charge in [-0.2, -0.15) is 0 Å². The third-order valence-electron chi connectivity index (χ3n) is 1.63. The fourth-order valence-corrected chi connectivity index (χ4v) is 1.01. The highest BCUT2D eigenvalue weighted by Gasteiger charge is 2.02. The molecule has 0 atom stereocenters. The molecule has 0 amide bonds. The first-order chi connectivity index (χ1) is 6.27. The van der Waals surface area contributed by atoms with E-state index in [1.54, 1.807) is 6.20 Å². The van der Waals surface area contributed by atoms with Gasteiger partial charge in [0.1, 0.15) is 5.82 Å². The molecule has 2 heterocycles. The van der Waals surface area contributed by atoms with Crippen LogP contribution in [0, 0.1) is 6.92 Å². The van der Waals surface area contributed by atoms with Crippen LogP contribution in [0.1, 0.15) is 5.56 Å². The summed E-state index contributed by atoms with van der Waals surface area (Å²) in [6, 6.07) is 0. The molecule has 0 saturated carbocycles. The molecule has 0 unspecified atom stereocenters. The molecule has 0 fully saturated rings. The Kier molecular flexibility index (Phi) is 1.66. The summed E-state index contributed by atoms with van der Waals surface area (Å²) in [5.41, 5.74) is 0.446. The van der Waals surface area contributed by atoms with E-state index in [0.29, 0.717) is 5.82 Å². The normalized spacial score (nSPS) is 10.2. The lowest BCUT2D eigenvalue weighted by molar-refractivity contribution is 0.764. The lowest BCUT2D eigenvalue weighted by Crippen LogP contribution is -2.15. The summed E-state index contributed by atoms with van der Waals surface area (Å²) in [4.78, 5) is 17.1.